The van der Waals surface area contributed by atoms with E-state index < -0.39 is 5.97 Å². The lowest BCUT2D eigenvalue weighted by Gasteiger charge is -2.09. The molecule has 0 bridgehead atoms. The van der Waals surface area contributed by atoms with Crippen molar-refractivity contribution >= 4 is 28.6 Å². The fraction of sp³-hybridized carbons (Fsp3) is 0.192. The van der Waals surface area contributed by atoms with Crippen molar-refractivity contribution in [2.45, 2.75) is 26.7 Å². The summed E-state index contributed by atoms with van der Waals surface area (Å²) in [6.45, 7) is 5.89. The van der Waals surface area contributed by atoms with Gasteiger partial charge in [0.25, 0.3) is 5.91 Å². The molecule has 0 aliphatic heterocycles. The van der Waals surface area contributed by atoms with Gasteiger partial charge in [0.1, 0.15) is 5.82 Å². The Morgan fingerprint density at radius 2 is 1.72 bits per heavy atom. The van der Waals surface area contributed by atoms with Gasteiger partial charge in [-0.05, 0) is 48.7 Å². The molecular weight excluding hydrogens is 402 g/mol. The van der Waals surface area contributed by atoms with Gasteiger partial charge in [0.2, 0.25) is 0 Å². The van der Waals surface area contributed by atoms with Gasteiger partial charge < -0.3 is 15.0 Å². The van der Waals surface area contributed by atoms with Gasteiger partial charge in [0.15, 0.2) is 6.61 Å². The number of fused-ring (bicyclic) bond motifs is 1. The maximum absolute atomic E-state index is 12.4. The maximum Gasteiger partial charge on any atom is 0.338 e. The van der Waals surface area contributed by atoms with Crippen LogP contribution in [0, 0.1) is 6.92 Å². The molecule has 0 unspecified atom stereocenters. The Labute approximate surface area is 186 Å². The molecule has 4 rings (SSSR count). The quantitative estimate of drug-likeness (QED) is 0.400. The number of hydrogen-bond donors (Lipinski definition) is 2. The van der Waals surface area contributed by atoms with Crippen molar-refractivity contribution in [1.82, 2.24) is 9.97 Å². The van der Waals surface area contributed by atoms with Gasteiger partial charge in [-0.1, -0.05) is 55.8 Å². The van der Waals surface area contributed by atoms with Gasteiger partial charge >= 0.3 is 5.97 Å². The minimum atomic E-state index is -0.566. The van der Waals surface area contributed by atoms with Crippen LogP contribution in [0.4, 0.5) is 5.69 Å². The van der Waals surface area contributed by atoms with E-state index in [-0.39, 0.29) is 12.5 Å². The predicted molar refractivity (Wildman–Crippen MR) is 126 cm³/mol. The number of ether oxygens (including phenoxy) is 1. The molecule has 0 radical (unpaired) electrons. The molecule has 162 valence electrons. The number of aromatic amines is 1. The first-order valence-corrected chi connectivity index (χ1v) is 10.5. The number of aryl methyl sites for hydroxylation is 1. The first kappa shape index (κ1) is 21.3. The summed E-state index contributed by atoms with van der Waals surface area (Å²) in [5.41, 5.74) is 5.82. The number of carbonyl (C=O) groups is 2. The summed E-state index contributed by atoms with van der Waals surface area (Å²) < 4.78 is 5.19. The normalized spacial score (nSPS) is 11.0. The van der Waals surface area contributed by atoms with Crippen molar-refractivity contribution in [3.63, 3.8) is 0 Å². The van der Waals surface area contributed by atoms with Gasteiger partial charge in [-0.15, -0.1) is 0 Å². The number of imidazole rings is 1. The average molecular weight is 428 g/mol. The first-order valence-electron chi connectivity index (χ1n) is 10.5. The zero-order chi connectivity index (χ0) is 22.7. The minimum Gasteiger partial charge on any atom is -0.452 e. The number of nitrogens with one attached hydrogen (secondary N) is 2. The number of amides is 1. The summed E-state index contributed by atoms with van der Waals surface area (Å²) in [5, 5.41) is 2.74. The van der Waals surface area contributed by atoms with E-state index in [4.69, 9.17) is 4.74 Å². The number of aromatic nitrogens is 2. The van der Waals surface area contributed by atoms with E-state index in [2.05, 4.69) is 29.1 Å². The number of carbonyl (C=O) groups excluding carboxylic acids is 2. The topological polar surface area (TPSA) is 84.1 Å². The molecule has 1 heterocycles. The molecule has 1 amide bonds. The summed E-state index contributed by atoms with van der Waals surface area (Å²) in [6, 6.07) is 20.8. The molecule has 1 aromatic heterocycles. The number of benzene rings is 3. The molecule has 4 aromatic rings. The van der Waals surface area contributed by atoms with Crippen LogP contribution in [0.15, 0.2) is 66.7 Å². The summed E-state index contributed by atoms with van der Waals surface area (Å²) in [6.07, 6.45) is 0. The second-order valence-electron chi connectivity index (χ2n) is 8.08. The second-order valence-corrected chi connectivity index (χ2v) is 8.08. The standard InChI is InChI=1S/C26H25N3O3/c1-16(2)18-8-11-21(12-9-18)27-24(30)15-32-26(31)20-10-13-22-23(14-20)29-25(28-22)19-6-4-17(3)5-7-19/h4-14,16H,15H2,1-3H3,(H,27,30)(H,28,29). The van der Waals surface area contributed by atoms with Crippen molar-refractivity contribution < 1.29 is 14.3 Å². The number of anilines is 1. The number of esters is 1. The third-order valence-electron chi connectivity index (χ3n) is 5.24. The smallest absolute Gasteiger partial charge is 0.338 e. The number of hydrogen-bond acceptors (Lipinski definition) is 4. The van der Waals surface area contributed by atoms with Crippen molar-refractivity contribution in [2.75, 3.05) is 11.9 Å². The largest absolute Gasteiger partial charge is 0.452 e. The lowest BCUT2D eigenvalue weighted by Crippen LogP contribution is -2.20. The van der Waals surface area contributed by atoms with Gasteiger partial charge in [-0.2, -0.15) is 0 Å². The van der Waals surface area contributed by atoms with Crippen LogP contribution in [0.3, 0.4) is 0 Å². The monoisotopic (exact) mass is 427 g/mol. The molecule has 6 heteroatoms. The zero-order valence-corrected chi connectivity index (χ0v) is 18.3. The SMILES string of the molecule is Cc1ccc(-c2nc3ccc(C(=O)OCC(=O)Nc4ccc(C(C)C)cc4)cc3[nH]2)cc1. The van der Waals surface area contributed by atoms with Crippen molar-refractivity contribution in [1.29, 1.82) is 0 Å². The highest BCUT2D eigenvalue weighted by atomic mass is 16.5. The van der Waals surface area contributed by atoms with Crippen LogP contribution in [0.2, 0.25) is 0 Å². The van der Waals surface area contributed by atoms with E-state index in [1.165, 1.54) is 11.1 Å². The molecule has 0 saturated carbocycles. The molecule has 0 aliphatic rings. The lowest BCUT2D eigenvalue weighted by molar-refractivity contribution is -0.119. The van der Waals surface area contributed by atoms with Crippen LogP contribution >= 0.6 is 0 Å². The Morgan fingerprint density at radius 3 is 2.41 bits per heavy atom. The third-order valence-corrected chi connectivity index (χ3v) is 5.24. The van der Waals surface area contributed by atoms with Gasteiger partial charge in [-0.3, -0.25) is 4.79 Å². The molecule has 0 saturated heterocycles. The molecule has 0 fully saturated rings. The number of H-pyrrole nitrogens is 1. The highest BCUT2D eigenvalue weighted by Crippen LogP contribution is 2.22. The molecule has 0 atom stereocenters. The van der Waals surface area contributed by atoms with Crippen LogP contribution in [-0.4, -0.2) is 28.5 Å². The second kappa shape index (κ2) is 9.06. The first-order chi connectivity index (χ1) is 15.4. The van der Waals surface area contributed by atoms with Crippen molar-refractivity contribution in [3.05, 3.63) is 83.4 Å². The summed E-state index contributed by atoms with van der Waals surface area (Å²) in [5.74, 6) is 0.192. The average Bonchev–Trinajstić information content (AvgIpc) is 3.21. The van der Waals surface area contributed by atoms with Crippen LogP contribution in [-0.2, 0) is 9.53 Å². The zero-order valence-electron chi connectivity index (χ0n) is 18.3. The van der Waals surface area contributed by atoms with Gasteiger partial charge in [-0.25, -0.2) is 9.78 Å². The molecule has 0 spiro atoms. The third kappa shape index (κ3) is 4.86. The number of nitrogens with zero attached hydrogens (tertiary/aromatic N) is 1. The predicted octanol–water partition coefficient (Wildman–Crippen LogP) is 5.46. The molecule has 2 N–H and O–H groups in total. The van der Waals surface area contributed by atoms with Crippen LogP contribution in [0.5, 0.6) is 0 Å². The van der Waals surface area contributed by atoms with Crippen LogP contribution in [0.1, 0.15) is 41.3 Å². The van der Waals surface area contributed by atoms with Gasteiger partial charge in [0.05, 0.1) is 16.6 Å². The molecule has 0 aliphatic carbocycles. The van der Waals surface area contributed by atoms with E-state index in [9.17, 15) is 9.59 Å². The Kier molecular flexibility index (Phi) is 6.03. The summed E-state index contributed by atoms with van der Waals surface area (Å²) in [4.78, 5) is 32.4. The van der Waals surface area contributed by atoms with E-state index in [1.807, 2.05) is 55.5 Å². The number of rotatable bonds is 6. The van der Waals surface area contributed by atoms with Crippen molar-refractivity contribution in [3.8, 4) is 11.4 Å². The fourth-order valence-electron chi connectivity index (χ4n) is 3.35. The molecule has 32 heavy (non-hydrogen) atoms. The van der Waals surface area contributed by atoms with Crippen molar-refractivity contribution in [2.24, 2.45) is 0 Å². The van der Waals surface area contributed by atoms with Gasteiger partial charge in [0, 0.05) is 11.3 Å². The van der Waals surface area contributed by atoms with E-state index in [1.54, 1.807) is 18.2 Å². The molecule has 6 nitrogen and oxygen atoms in total. The highest BCUT2D eigenvalue weighted by Gasteiger charge is 2.13. The van der Waals surface area contributed by atoms with Crippen LogP contribution in [0.25, 0.3) is 22.4 Å². The fourth-order valence-corrected chi connectivity index (χ4v) is 3.35. The lowest BCUT2D eigenvalue weighted by atomic mass is 10.0. The Bertz CT molecular complexity index is 1260. The van der Waals surface area contributed by atoms with Crippen LogP contribution < -0.4 is 5.32 Å². The Balaban J connectivity index is 1.38. The molecular formula is C26H25N3O3. The maximum atomic E-state index is 12.4. The Morgan fingerprint density at radius 1 is 1.00 bits per heavy atom. The minimum absolute atomic E-state index is 0.352. The van der Waals surface area contributed by atoms with E-state index in [0.29, 0.717) is 17.2 Å². The summed E-state index contributed by atoms with van der Waals surface area (Å²) in [7, 11) is 0. The van der Waals surface area contributed by atoms with E-state index in [0.717, 1.165) is 22.4 Å². The summed E-state index contributed by atoms with van der Waals surface area (Å²) >= 11 is 0. The van der Waals surface area contributed by atoms with E-state index >= 15 is 0 Å². The highest BCUT2D eigenvalue weighted by molar-refractivity contribution is 5.97. The molecule has 3 aromatic carbocycles. The Hall–Kier alpha value is -3.93.